The molecule has 21 heavy (non-hydrogen) atoms. The van der Waals surface area contributed by atoms with Crippen molar-refractivity contribution in [2.75, 3.05) is 39.0 Å². The van der Waals surface area contributed by atoms with Crippen LogP contribution in [0.25, 0.3) is 10.9 Å². The maximum atomic E-state index is 12.2. The number of nitrogens with one attached hydrogen (secondary N) is 2. The van der Waals surface area contributed by atoms with Gasteiger partial charge in [0.1, 0.15) is 5.69 Å². The Morgan fingerprint density at radius 1 is 1.57 bits per heavy atom. The monoisotopic (exact) mass is 288 g/mol. The van der Waals surface area contributed by atoms with Gasteiger partial charge in [0.25, 0.3) is 5.91 Å². The second-order valence-corrected chi connectivity index (χ2v) is 5.46. The number of morpholine rings is 1. The summed E-state index contributed by atoms with van der Waals surface area (Å²) in [5.41, 5.74) is 7.85. The third kappa shape index (κ3) is 3.01. The number of H-pyrrole nitrogens is 1. The highest BCUT2D eigenvalue weighted by atomic mass is 16.5. The molecule has 1 fully saturated rings. The third-order valence-electron chi connectivity index (χ3n) is 3.77. The normalized spacial score (nSPS) is 19.8. The van der Waals surface area contributed by atoms with E-state index in [1.807, 2.05) is 24.3 Å². The fourth-order valence-electron chi connectivity index (χ4n) is 2.59. The van der Waals surface area contributed by atoms with Crippen LogP contribution in [0.4, 0.5) is 5.69 Å². The van der Waals surface area contributed by atoms with Crippen LogP contribution in [0.5, 0.6) is 0 Å². The van der Waals surface area contributed by atoms with Gasteiger partial charge in [-0.3, -0.25) is 4.79 Å². The molecule has 2 aromatic rings. The first kappa shape index (κ1) is 13.9. The van der Waals surface area contributed by atoms with E-state index in [4.69, 9.17) is 10.5 Å². The lowest BCUT2D eigenvalue weighted by Crippen LogP contribution is -2.45. The Labute approximate surface area is 123 Å². The minimum atomic E-state index is -0.137. The average Bonchev–Trinajstić information content (AvgIpc) is 2.90. The van der Waals surface area contributed by atoms with Gasteiger partial charge in [0.15, 0.2) is 0 Å². The van der Waals surface area contributed by atoms with Crippen molar-refractivity contribution in [3.8, 4) is 0 Å². The Hall–Kier alpha value is -2.05. The molecule has 1 unspecified atom stereocenters. The molecule has 1 atom stereocenters. The van der Waals surface area contributed by atoms with E-state index in [2.05, 4.69) is 22.2 Å². The van der Waals surface area contributed by atoms with E-state index < -0.39 is 0 Å². The molecule has 0 radical (unpaired) electrons. The van der Waals surface area contributed by atoms with Gasteiger partial charge in [-0.2, -0.15) is 0 Å². The predicted molar refractivity (Wildman–Crippen MR) is 82.3 cm³/mol. The lowest BCUT2D eigenvalue weighted by molar-refractivity contribution is -0.0175. The van der Waals surface area contributed by atoms with E-state index in [-0.39, 0.29) is 12.0 Å². The molecule has 1 aromatic heterocycles. The van der Waals surface area contributed by atoms with E-state index in [1.54, 1.807) is 0 Å². The summed E-state index contributed by atoms with van der Waals surface area (Å²) in [5.74, 6) is -0.137. The van der Waals surface area contributed by atoms with Gasteiger partial charge in [0.2, 0.25) is 0 Å². The zero-order valence-electron chi connectivity index (χ0n) is 12.1. The van der Waals surface area contributed by atoms with Crippen molar-refractivity contribution < 1.29 is 9.53 Å². The molecule has 6 heteroatoms. The van der Waals surface area contributed by atoms with Gasteiger partial charge >= 0.3 is 0 Å². The number of para-hydroxylation sites is 1. The van der Waals surface area contributed by atoms with Crippen LogP contribution in [0.3, 0.4) is 0 Å². The van der Waals surface area contributed by atoms with Crippen LogP contribution in [0.1, 0.15) is 10.5 Å². The number of benzene rings is 1. The molecule has 1 aliphatic heterocycles. The zero-order chi connectivity index (χ0) is 14.8. The minimum Gasteiger partial charge on any atom is -0.397 e. The van der Waals surface area contributed by atoms with Crippen LogP contribution in [-0.2, 0) is 4.74 Å². The van der Waals surface area contributed by atoms with Crippen molar-refractivity contribution in [2.24, 2.45) is 0 Å². The number of nitrogens with zero attached hydrogens (tertiary/aromatic N) is 1. The number of anilines is 1. The van der Waals surface area contributed by atoms with Crippen LogP contribution in [0.2, 0.25) is 0 Å². The molecule has 3 rings (SSSR count). The average molecular weight is 288 g/mol. The SMILES string of the molecule is CN1CCOC(CNC(=O)c2cc3cccc(N)c3[nH]2)C1. The number of fused-ring (bicyclic) bond motifs is 1. The largest absolute Gasteiger partial charge is 0.397 e. The maximum Gasteiger partial charge on any atom is 0.267 e. The third-order valence-corrected chi connectivity index (χ3v) is 3.77. The lowest BCUT2D eigenvalue weighted by Gasteiger charge is -2.30. The fourth-order valence-corrected chi connectivity index (χ4v) is 2.59. The van der Waals surface area contributed by atoms with Crippen molar-refractivity contribution in [3.63, 3.8) is 0 Å². The predicted octanol–water partition coefficient (Wildman–Crippen LogP) is 0.810. The Bertz CT molecular complexity index is 652. The van der Waals surface area contributed by atoms with Crippen molar-refractivity contribution in [3.05, 3.63) is 30.0 Å². The summed E-state index contributed by atoms with van der Waals surface area (Å²) in [7, 11) is 2.05. The summed E-state index contributed by atoms with van der Waals surface area (Å²) in [4.78, 5) is 17.5. The Morgan fingerprint density at radius 3 is 3.19 bits per heavy atom. The van der Waals surface area contributed by atoms with Gasteiger partial charge in [-0.25, -0.2) is 0 Å². The van der Waals surface area contributed by atoms with Gasteiger partial charge < -0.3 is 25.7 Å². The summed E-state index contributed by atoms with van der Waals surface area (Å²) in [6.07, 6.45) is 0.0437. The number of hydrogen-bond acceptors (Lipinski definition) is 4. The Kier molecular flexibility index (Phi) is 3.81. The molecule has 0 spiro atoms. The Morgan fingerprint density at radius 2 is 2.43 bits per heavy atom. The molecular formula is C15H20N4O2. The second kappa shape index (κ2) is 5.75. The molecule has 4 N–H and O–H groups in total. The fraction of sp³-hybridized carbons (Fsp3) is 0.400. The smallest absolute Gasteiger partial charge is 0.267 e. The van der Waals surface area contributed by atoms with Gasteiger partial charge in [-0.15, -0.1) is 0 Å². The summed E-state index contributed by atoms with van der Waals surface area (Å²) in [6.45, 7) is 2.99. The Balaban J connectivity index is 1.65. The number of hydrogen-bond donors (Lipinski definition) is 3. The topological polar surface area (TPSA) is 83.4 Å². The summed E-state index contributed by atoms with van der Waals surface area (Å²) in [6, 6.07) is 7.43. The summed E-state index contributed by atoms with van der Waals surface area (Å²) < 4.78 is 5.63. The molecule has 0 saturated carbocycles. The van der Waals surface area contributed by atoms with Gasteiger partial charge in [-0.1, -0.05) is 12.1 Å². The number of amides is 1. The molecule has 0 aliphatic carbocycles. The standard InChI is InChI=1S/C15H20N4O2/c1-19-5-6-21-11(9-19)8-17-15(20)13-7-10-3-2-4-12(16)14(10)18-13/h2-4,7,11,18H,5-6,8-9,16H2,1H3,(H,17,20). The first-order valence-corrected chi connectivity index (χ1v) is 7.09. The van der Waals surface area contributed by atoms with Gasteiger partial charge in [0.05, 0.1) is 23.9 Å². The van der Waals surface area contributed by atoms with Crippen LogP contribution < -0.4 is 11.1 Å². The molecule has 112 valence electrons. The quantitative estimate of drug-likeness (QED) is 0.730. The molecule has 1 saturated heterocycles. The van der Waals surface area contributed by atoms with Crippen LogP contribution >= 0.6 is 0 Å². The lowest BCUT2D eigenvalue weighted by atomic mass is 10.2. The van der Waals surface area contributed by atoms with Crippen LogP contribution in [-0.4, -0.2) is 55.2 Å². The van der Waals surface area contributed by atoms with Crippen molar-refractivity contribution in [1.82, 2.24) is 15.2 Å². The van der Waals surface area contributed by atoms with Crippen molar-refractivity contribution in [1.29, 1.82) is 0 Å². The highest BCUT2D eigenvalue weighted by Gasteiger charge is 2.19. The van der Waals surface area contributed by atoms with Crippen LogP contribution in [0.15, 0.2) is 24.3 Å². The number of nitrogens with two attached hydrogens (primary N) is 1. The number of aromatic nitrogens is 1. The maximum absolute atomic E-state index is 12.2. The molecule has 6 nitrogen and oxygen atoms in total. The van der Waals surface area contributed by atoms with E-state index in [9.17, 15) is 4.79 Å². The molecule has 1 amide bonds. The van der Waals surface area contributed by atoms with E-state index in [0.717, 1.165) is 24.0 Å². The first-order chi connectivity index (χ1) is 10.1. The number of carbonyl (C=O) groups excluding carboxylic acids is 1. The number of likely N-dealkylation sites (N-methyl/N-ethyl adjacent to an activating group) is 1. The van der Waals surface area contributed by atoms with E-state index >= 15 is 0 Å². The molecular weight excluding hydrogens is 268 g/mol. The van der Waals surface area contributed by atoms with Crippen molar-refractivity contribution in [2.45, 2.75) is 6.10 Å². The van der Waals surface area contributed by atoms with Crippen LogP contribution in [0, 0.1) is 0 Å². The minimum absolute atomic E-state index is 0.0437. The second-order valence-electron chi connectivity index (χ2n) is 5.46. The summed E-state index contributed by atoms with van der Waals surface area (Å²) in [5, 5.41) is 3.85. The van der Waals surface area contributed by atoms with E-state index in [0.29, 0.717) is 24.5 Å². The highest BCUT2D eigenvalue weighted by molar-refractivity contribution is 6.00. The zero-order valence-corrected chi connectivity index (χ0v) is 12.1. The number of rotatable bonds is 3. The summed E-state index contributed by atoms with van der Waals surface area (Å²) >= 11 is 0. The van der Waals surface area contributed by atoms with Gasteiger partial charge in [-0.05, 0) is 19.2 Å². The number of nitrogen functional groups attached to an aromatic ring is 1. The number of ether oxygens (including phenoxy) is 1. The molecule has 1 aliphatic rings. The number of aromatic amines is 1. The molecule has 0 bridgehead atoms. The van der Waals surface area contributed by atoms with E-state index in [1.165, 1.54) is 0 Å². The van der Waals surface area contributed by atoms with Gasteiger partial charge in [0, 0.05) is 25.0 Å². The number of carbonyl (C=O) groups is 1. The van der Waals surface area contributed by atoms with Crippen molar-refractivity contribution >= 4 is 22.5 Å². The first-order valence-electron chi connectivity index (χ1n) is 7.09. The molecule has 1 aromatic carbocycles. The highest BCUT2D eigenvalue weighted by Crippen LogP contribution is 2.20. The molecule has 2 heterocycles.